The van der Waals surface area contributed by atoms with Gasteiger partial charge in [-0.3, -0.25) is 8.98 Å². The van der Waals surface area contributed by atoms with Gasteiger partial charge in [0.05, 0.1) is 16.4 Å². The zero-order valence-electron chi connectivity index (χ0n) is 24.0. The highest BCUT2D eigenvalue weighted by Gasteiger charge is 2.72. The van der Waals surface area contributed by atoms with Crippen LogP contribution in [0.1, 0.15) is 60.4 Å². The molecule has 6 bridgehead atoms. The molecule has 6 unspecified atom stereocenters. The third-order valence-electron chi connectivity index (χ3n) is 11.3. The molecule has 0 aromatic heterocycles. The van der Waals surface area contributed by atoms with Gasteiger partial charge in [-0.15, -0.1) is 0 Å². The van der Waals surface area contributed by atoms with Crippen LogP contribution in [-0.4, -0.2) is 50.8 Å². The summed E-state index contributed by atoms with van der Waals surface area (Å²) in [5.41, 5.74) is 0.745. The molecular weight excluding hydrogens is 977 g/mol. The lowest BCUT2D eigenvalue weighted by molar-refractivity contribution is -0.143. The number of hydrogen-bond donors (Lipinski definition) is 0. The number of carbonyl (C=O) groups is 2. The Morgan fingerprint density at radius 2 is 1.59 bits per heavy atom. The summed E-state index contributed by atoms with van der Waals surface area (Å²) in [5.74, 6) is -2.01. The molecule has 7 fully saturated rings. The van der Waals surface area contributed by atoms with E-state index in [-0.39, 0.29) is 28.4 Å². The van der Waals surface area contributed by atoms with Crippen LogP contribution < -0.4 is 4.74 Å². The van der Waals surface area contributed by atoms with Crippen molar-refractivity contribution in [2.45, 2.75) is 66.8 Å². The first-order valence-electron chi connectivity index (χ1n) is 15.3. The lowest BCUT2D eigenvalue weighted by Crippen LogP contribution is -2.46. The standard InChI is InChI=1S/C31H29I3O10S2/c32-16-8-20(26(34)22(33)9-16)30(35)43-27-19-11-21-28(27)44-46(40,41)29(21)25(19)31(36)42-17-1-2-23(45(37,38)39)18(10-17)24-14-4-12-3-13(6-14)7-15(24)5-12/h1-2,8-10,12-15,19,21,24-25,27-29H,3-7,11H2,(H,37,38,39)/p-1. The first-order chi connectivity index (χ1) is 21.7. The maximum atomic E-state index is 13.9. The maximum absolute atomic E-state index is 13.9. The van der Waals surface area contributed by atoms with Crippen LogP contribution in [0.25, 0.3) is 0 Å². The third kappa shape index (κ3) is 5.29. The van der Waals surface area contributed by atoms with Crippen LogP contribution >= 0.6 is 67.8 Å². The van der Waals surface area contributed by atoms with Crippen LogP contribution in [0.4, 0.5) is 0 Å². The highest BCUT2D eigenvalue weighted by atomic mass is 127. The Morgan fingerprint density at radius 1 is 0.913 bits per heavy atom. The van der Waals surface area contributed by atoms with Gasteiger partial charge in [0.15, 0.2) is 0 Å². The van der Waals surface area contributed by atoms with E-state index in [0.717, 1.165) is 32.8 Å². The fourth-order valence-electron chi connectivity index (χ4n) is 10.0. The van der Waals surface area contributed by atoms with Gasteiger partial charge in [0.25, 0.3) is 10.1 Å². The van der Waals surface area contributed by atoms with Crippen molar-refractivity contribution >= 4 is 99.9 Å². The Hall–Kier alpha value is -0.610. The minimum Gasteiger partial charge on any atom is -0.744 e. The molecule has 246 valence electrons. The van der Waals surface area contributed by atoms with Crippen molar-refractivity contribution in [1.82, 2.24) is 0 Å². The molecular formula is C31H28I3O10S2-. The summed E-state index contributed by atoms with van der Waals surface area (Å²) in [4.78, 5) is 27.0. The molecule has 2 aromatic rings. The number of benzene rings is 2. The predicted molar refractivity (Wildman–Crippen MR) is 186 cm³/mol. The lowest BCUT2D eigenvalue weighted by Gasteiger charge is -2.55. The summed E-state index contributed by atoms with van der Waals surface area (Å²) in [6.07, 6.45) is 3.66. The first-order valence-corrected chi connectivity index (χ1v) is 21.4. The van der Waals surface area contributed by atoms with Gasteiger partial charge in [-0.2, -0.15) is 8.42 Å². The van der Waals surface area contributed by atoms with E-state index in [2.05, 4.69) is 67.8 Å². The van der Waals surface area contributed by atoms with Crippen LogP contribution in [0.2, 0.25) is 0 Å². The summed E-state index contributed by atoms with van der Waals surface area (Å²) >= 11 is 6.31. The van der Waals surface area contributed by atoms with Crippen molar-refractivity contribution in [1.29, 1.82) is 0 Å². The molecule has 1 aliphatic heterocycles. The SMILES string of the molecule is O=C(OC1C2CC3C1OS(=O)(=O)C3C2C(=O)Oc1ccc(S(=O)(=O)[O-])c(C2C3CC4CC(C3)CC2C4)c1)c1cc(I)cc(I)c1I. The van der Waals surface area contributed by atoms with Crippen molar-refractivity contribution in [3.05, 3.63) is 52.2 Å². The normalized spacial score (nSPS) is 37.9. The summed E-state index contributed by atoms with van der Waals surface area (Å²) in [6.45, 7) is 0. The molecule has 15 heteroatoms. The van der Waals surface area contributed by atoms with E-state index < -0.39 is 67.4 Å². The lowest BCUT2D eigenvalue weighted by atomic mass is 9.51. The zero-order valence-corrected chi connectivity index (χ0v) is 32.1. The van der Waals surface area contributed by atoms with E-state index in [9.17, 15) is 31.0 Å². The quantitative estimate of drug-likeness (QED) is 0.0914. The molecule has 6 saturated carbocycles. The van der Waals surface area contributed by atoms with Crippen LogP contribution in [0.3, 0.4) is 0 Å². The second-order valence-corrected chi connectivity index (χ2v) is 20.3. The molecule has 0 N–H and O–H groups in total. The van der Waals surface area contributed by atoms with Gasteiger partial charge < -0.3 is 14.0 Å². The Labute approximate surface area is 307 Å². The molecule has 10 nitrogen and oxygen atoms in total. The van der Waals surface area contributed by atoms with Gasteiger partial charge in [-0.1, -0.05) is 0 Å². The van der Waals surface area contributed by atoms with E-state index in [1.54, 1.807) is 6.07 Å². The fraction of sp³-hybridized carbons (Fsp3) is 0.548. The smallest absolute Gasteiger partial charge is 0.339 e. The average Bonchev–Trinajstić information content (AvgIpc) is 3.57. The highest BCUT2D eigenvalue weighted by molar-refractivity contribution is 14.1. The number of halogens is 3. The molecule has 46 heavy (non-hydrogen) atoms. The molecule has 9 rings (SSSR count). The minimum atomic E-state index is -4.79. The van der Waals surface area contributed by atoms with Gasteiger partial charge in [0.2, 0.25) is 0 Å². The van der Waals surface area contributed by atoms with Crippen molar-refractivity contribution in [2.24, 2.45) is 41.4 Å². The van der Waals surface area contributed by atoms with E-state index in [0.29, 0.717) is 33.0 Å². The van der Waals surface area contributed by atoms with E-state index in [1.807, 2.05) is 6.07 Å². The van der Waals surface area contributed by atoms with Crippen LogP contribution in [0, 0.1) is 52.1 Å². The number of esters is 2. The topological polar surface area (TPSA) is 153 Å². The second kappa shape index (κ2) is 11.5. The molecule has 1 saturated heterocycles. The number of fused-ring (bicyclic) bond motifs is 1. The molecule has 7 aliphatic rings. The fourth-order valence-corrected chi connectivity index (χ4v) is 15.2. The number of hydrogen-bond acceptors (Lipinski definition) is 10. The Balaban J connectivity index is 1.09. The van der Waals surface area contributed by atoms with Crippen molar-refractivity contribution in [3.63, 3.8) is 0 Å². The van der Waals surface area contributed by atoms with Crippen molar-refractivity contribution < 1.29 is 44.6 Å². The van der Waals surface area contributed by atoms with E-state index in [1.165, 1.54) is 24.6 Å². The Morgan fingerprint density at radius 3 is 2.24 bits per heavy atom. The number of ether oxygens (including phenoxy) is 2. The Bertz CT molecular complexity index is 1870. The summed E-state index contributed by atoms with van der Waals surface area (Å²) in [7, 11) is -8.95. The minimum absolute atomic E-state index is 0.0633. The van der Waals surface area contributed by atoms with E-state index >= 15 is 0 Å². The van der Waals surface area contributed by atoms with Gasteiger partial charge >= 0.3 is 11.9 Å². The third-order valence-corrected chi connectivity index (χ3v) is 17.7. The molecule has 2 aromatic carbocycles. The second-order valence-electron chi connectivity index (χ2n) is 13.8. The highest BCUT2D eigenvalue weighted by Crippen LogP contribution is 2.61. The maximum Gasteiger partial charge on any atom is 0.339 e. The summed E-state index contributed by atoms with van der Waals surface area (Å²) in [6, 6.07) is 7.63. The van der Waals surface area contributed by atoms with Crippen LogP contribution in [-0.2, 0) is 34.0 Å². The largest absolute Gasteiger partial charge is 0.744 e. The van der Waals surface area contributed by atoms with Gasteiger partial charge in [0.1, 0.15) is 33.3 Å². The molecule has 0 radical (unpaired) electrons. The molecule has 6 atom stereocenters. The van der Waals surface area contributed by atoms with Gasteiger partial charge in [-0.05, 0) is 172 Å². The van der Waals surface area contributed by atoms with Gasteiger partial charge in [0, 0.05) is 22.5 Å². The monoisotopic (exact) mass is 1000 g/mol. The molecule has 0 amide bonds. The summed E-state index contributed by atoms with van der Waals surface area (Å²) in [5, 5.41) is -1.13. The average molecular weight is 1010 g/mol. The zero-order chi connectivity index (χ0) is 32.4. The van der Waals surface area contributed by atoms with Crippen molar-refractivity contribution in [3.8, 4) is 5.75 Å². The Kier molecular flexibility index (Phi) is 8.12. The first kappa shape index (κ1) is 32.6. The van der Waals surface area contributed by atoms with Crippen LogP contribution in [0.5, 0.6) is 5.75 Å². The molecule has 6 aliphatic carbocycles. The number of rotatable bonds is 6. The molecule has 1 heterocycles. The van der Waals surface area contributed by atoms with Crippen LogP contribution in [0.15, 0.2) is 35.2 Å². The van der Waals surface area contributed by atoms with Gasteiger partial charge in [-0.25, -0.2) is 13.2 Å². The molecule has 0 spiro atoms. The number of carbonyl (C=O) groups excluding carboxylic acids is 2. The predicted octanol–water partition coefficient (Wildman–Crippen LogP) is 5.44. The summed E-state index contributed by atoms with van der Waals surface area (Å²) < 4.78 is 83.1. The van der Waals surface area contributed by atoms with E-state index in [4.69, 9.17) is 13.7 Å². The van der Waals surface area contributed by atoms with Crippen molar-refractivity contribution in [2.75, 3.05) is 0 Å².